The van der Waals surface area contributed by atoms with E-state index >= 15 is 0 Å². The molecule has 1 heterocycles. The molecule has 1 aromatic carbocycles. The third-order valence-electron chi connectivity index (χ3n) is 5.41. The summed E-state index contributed by atoms with van der Waals surface area (Å²) in [6.07, 6.45) is 2.75. The Morgan fingerprint density at radius 2 is 1.67 bits per heavy atom. The van der Waals surface area contributed by atoms with Gasteiger partial charge in [-0.1, -0.05) is 6.92 Å². The van der Waals surface area contributed by atoms with Crippen molar-refractivity contribution in [2.45, 2.75) is 66.0 Å². The minimum absolute atomic E-state index is 0.0929. The molecule has 0 aliphatic carbocycles. The van der Waals surface area contributed by atoms with Crippen LogP contribution in [0.15, 0.2) is 0 Å². The zero-order valence-corrected chi connectivity index (χ0v) is 15.7. The number of nitrogens with one attached hydrogen (secondary N) is 3. The SMILES string of the molecule is CCC(Nc1c(C)c(C)c(N)c(C)c1C)C(=O)NC1CCNCC1. The fourth-order valence-electron chi connectivity index (χ4n) is 3.35. The zero-order valence-electron chi connectivity index (χ0n) is 15.7. The van der Waals surface area contributed by atoms with E-state index in [1.807, 2.05) is 20.8 Å². The molecular formula is C19H32N4O. The highest BCUT2D eigenvalue weighted by Crippen LogP contribution is 2.32. The number of carbonyl (C=O) groups excluding carboxylic acids is 1. The number of hydrogen-bond donors (Lipinski definition) is 4. The van der Waals surface area contributed by atoms with Crippen molar-refractivity contribution in [1.29, 1.82) is 0 Å². The van der Waals surface area contributed by atoms with Gasteiger partial charge in [-0.15, -0.1) is 0 Å². The lowest BCUT2D eigenvalue weighted by Crippen LogP contribution is -2.48. The van der Waals surface area contributed by atoms with Crippen molar-refractivity contribution in [3.63, 3.8) is 0 Å². The molecule has 134 valence electrons. The van der Waals surface area contributed by atoms with Crippen LogP contribution in [0.3, 0.4) is 0 Å². The molecule has 1 saturated heterocycles. The Balaban J connectivity index is 2.16. The molecule has 1 fully saturated rings. The summed E-state index contributed by atoms with van der Waals surface area (Å²) in [6.45, 7) is 12.2. The summed E-state index contributed by atoms with van der Waals surface area (Å²) in [5.41, 5.74) is 12.5. The molecule has 2 rings (SSSR count). The number of benzene rings is 1. The number of piperidine rings is 1. The average molecular weight is 332 g/mol. The van der Waals surface area contributed by atoms with Crippen LogP contribution in [0, 0.1) is 27.7 Å². The van der Waals surface area contributed by atoms with Gasteiger partial charge in [-0.05, 0) is 82.3 Å². The van der Waals surface area contributed by atoms with Crippen molar-refractivity contribution in [3.05, 3.63) is 22.3 Å². The Hall–Kier alpha value is -1.75. The van der Waals surface area contributed by atoms with Gasteiger partial charge >= 0.3 is 0 Å². The molecule has 1 aromatic rings. The Labute approximate surface area is 145 Å². The van der Waals surface area contributed by atoms with Gasteiger partial charge in [0.05, 0.1) is 0 Å². The number of amides is 1. The fraction of sp³-hybridized carbons (Fsp3) is 0.632. The Morgan fingerprint density at radius 1 is 1.12 bits per heavy atom. The lowest BCUT2D eigenvalue weighted by molar-refractivity contribution is -0.122. The first-order chi connectivity index (χ1) is 11.4. The molecule has 5 heteroatoms. The number of hydrogen-bond acceptors (Lipinski definition) is 4. The molecular weight excluding hydrogens is 300 g/mol. The van der Waals surface area contributed by atoms with Crippen molar-refractivity contribution in [2.24, 2.45) is 0 Å². The Bertz CT molecular complexity index is 577. The molecule has 1 aliphatic heterocycles. The van der Waals surface area contributed by atoms with Gasteiger partial charge < -0.3 is 21.7 Å². The average Bonchev–Trinajstić information content (AvgIpc) is 2.59. The molecule has 1 unspecified atom stereocenters. The summed E-state index contributed by atoms with van der Waals surface area (Å²) >= 11 is 0. The number of rotatable bonds is 5. The summed E-state index contributed by atoms with van der Waals surface area (Å²) < 4.78 is 0. The Morgan fingerprint density at radius 3 is 2.17 bits per heavy atom. The van der Waals surface area contributed by atoms with E-state index in [9.17, 15) is 4.79 Å². The smallest absolute Gasteiger partial charge is 0.242 e. The second-order valence-electron chi connectivity index (χ2n) is 6.93. The van der Waals surface area contributed by atoms with Crippen molar-refractivity contribution in [1.82, 2.24) is 10.6 Å². The van der Waals surface area contributed by atoms with Crippen LogP contribution in [0.1, 0.15) is 48.4 Å². The largest absolute Gasteiger partial charge is 0.398 e. The first-order valence-corrected chi connectivity index (χ1v) is 9.00. The molecule has 1 atom stereocenters. The van der Waals surface area contributed by atoms with Gasteiger partial charge in [0.1, 0.15) is 6.04 Å². The van der Waals surface area contributed by atoms with Gasteiger partial charge in [-0.3, -0.25) is 4.79 Å². The maximum absolute atomic E-state index is 12.7. The molecule has 1 aliphatic rings. The number of carbonyl (C=O) groups is 1. The van der Waals surface area contributed by atoms with Gasteiger partial charge in [-0.2, -0.15) is 0 Å². The van der Waals surface area contributed by atoms with E-state index in [1.54, 1.807) is 0 Å². The van der Waals surface area contributed by atoms with Crippen LogP contribution in [0.4, 0.5) is 11.4 Å². The topological polar surface area (TPSA) is 79.2 Å². The molecule has 24 heavy (non-hydrogen) atoms. The minimum Gasteiger partial charge on any atom is -0.398 e. The van der Waals surface area contributed by atoms with E-state index in [0.29, 0.717) is 0 Å². The third-order valence-corrected chi connectivity index (χ3v) is 5.41. The second kappa shape index (κ2) is 7.88. The van der Waals surface area contributed by atoms with Gasteiger partial charge in [0.2, 0.25) is 5.91 Å². The highest BCUT2D eigenvalue weighted by atomic mass is 16.2. The molecule has 0 spiro atoms. The summed E-state index contributed by atoms with van der Waals surface area (Å²) in [6, 6.07) is 0.0615. The van der Waals surface area contributed by atoms with Crippen LogP contribution in [-0.2, 0) is 4.79 Å². The second-order valence-corrected chi connectivity index (χ2v) is 6.93. The van der Waals surface area contributed by atoms with Crippen LogP contribution in [0.2, 0.25) is 0 Å². The maximum Gasteiger partial charge on any atom is 0.242 e. The monoisotopic (exact) mass is 332 g/mol. The van der Waals surface area contributed by atoms with Crippen molar-refractivity contribution in [2.75, 3.05) is 24.1 Å². The van der Waals surface area contributed by atoms with E-state index in [2.05, 4.69) is 29.8 Å². The molecule has 1 amide bonds. The Kier molecular flexibility index (Phi) is 6.10. The maximum atomic E-state index is 12.7. The highest BCUT2D eigenvalue weighted by molar-refractivity contribution is 5.86. The van der Waals surface area contributed by atoms with Gasteiger partial charge in [0, 0.05) is 17.4 Å². The quantitative estimate of drug-likeness (QED) is 0.625. The van der Waals surface area contributed by atoms with E-state index in [0.717, 1.165) is 66.0 Å². The fourth-order valence-corrected chi connectivity index (χ4v) is 3.35. The highest BCUT2D eigenvalue weighted by Gasteiger charge is 2.23. The van der Waals surface area contributed by atoms with E-state index < -0.39 is 0 Å². The van der Waals surface area contributed by atoms with E-state index in [4.69, 9.17) is 5.73 Å². The third kappa shape index (κ3) is 3.83. The number of nitrogen functional groups attached to an aromatic ring is 1. The lowest BCUT2D eigenvalue weighted by Gasteiger charge is -2.28. The number of anilines is 2. The predicted molar refractivity (Wildman–Crippen MR) is 102 cm³/mol. The van der Waals surface area contributed by atoms with Gasteiger partial charge in [-0.25, -0.2) is 0 Å². The lowest BCUT2D eigenvalue weighted by atomic mass is 9.95. The molecule has 0 bridgehead atoms. The standard InChI is InChI=1S/C19H32N4O/c1-6-16(19(24)22-15-7-9-21-10-8-15)23-18-13(4)11(2)17(20)12(3)14(18)5/h15-16,21,23H,6-10,20H2,1-5H3,(H,22,24). The van der Waals surface area contributed by atoms with Crippen LogP contribution in [0.25, 0.3) is 0 Å². The normalized spacial score (nSPS) is 16.7. The van der Waals surface area contributed by atoms with Crippen LogP contribution >= 0.6 is 0 Å². The van der Waals surface area contributed by atoms with Crippen molar-refractivity contribution in [3.8, 4) is 0 Å². The summed E-state index contributed by atoms with van der Waals surface area (Å²) in [4.78, 5) is 12.7. The summed E-state index contributed by atoms with van der Waals surface area (Å²) in [7, 11) is 0. The van der Waals surface area contributed by atoms with Gasteiger partial charge in [0.15, 0.2) is 0 Å². The molecule has 0 saturated carbocycles. The first-order valence-electron chi connectivity index (χ1n) is 9.00. The van der Waals surface area contributed by atoms with E-state index in [1.165, 1.54) is 0 Å². The van der Waals surface area contributed by atoms with Crippen molar-refractivity contribution < 1.29 is 4.79 Å². The minimum atomic E-state index is -0.222. The number of nitrogens with two attached hydrogens (primary N) is 1. The van der Waals surface area contributed by atoms with E-state index in [-0.39, 0.29) is 18.0 Å². The zero-order chi connectivity index (χ0) is 17.9. The van der Waals surface area contributed by atoms with Crippen molar-refractivity contribution >= 4 is 17.3 Å². The van der Waals surface area contributed by atoms with Crippen LogP contribution in [0.5, 0.6) is 0 Å². The molecule has 5 N–H and O–H groups in total. The first kappa shape index (κ1) is 18.6. The van der Waals surface area contributed by atoms with Gasteiger partial charge in [0.25, 0.3) is 0 Å². The predicted octanol–water partition coefficient (Wildman–Crippen LogP) is 2.56. The van der Waals surface area contributed by atoms with Crippen LogP contribution in [-0.4, -0.2) is 31.1 Å². The molecule has 5 nitrogen and oxygen atoms in total. The summed E-state index contributed by atoms with van der Waals surface area (Å²) in [5, 5.41) is 10.0. The van der Waals surface area contributed by atoms with Crippen LogP contribution < -0.4 is 21.7 Å². The molecule has 0 aromatic heterocycles. The molecule has 0 radical (unpaired) electrons. The summed E-state index contributed by atoms with van der Waals surface area (Å²) in [5.74, 6) is 0.0929.